The number of hydrogen-bond donors (Lipinski definition) is 1. The van der Waals surface area contributed by atoms with Crippen molar-refractivity contribution in [1.29, 1.82) is 0 Å². The molecule has 0 atom stereocenters. The Bertz CT molecular complexity index is 331. The number of aromatic nitrogens is 1. The Labute approximate surface area is 95.3 Å². The van der Waals surface area contributed by atoms with Crippen LogP contribution in [0, 0.1) is 12.8 Å². The Balaban J connectivity index is 2.10. The van der Waals surface area contributed by atoms with E-state index < -0.39 is 0 Å². The molecule has 1 fully saturated rings. The average Bonchev–Trinajstić information content (AvgIpc) is 2.98. The molecule has 1 saturated carbocycles. The maximum atomic E-state index is 5.67. The first kappa shape index (κ1) is 10.9. The van der Waals surface area contributed by atoms with Gasteiger partial charge in [0.1, 0.15) is 0 Å². The topological polar surface area (TPSA) is 42.2 Å². The van der Waals surface area contributed by atoms with E-state index in [1.54, 1.807) is 11.3 Å². The number of rotatable bonds is 5. The van der Waals surface area contributed by atoms with Gasteiger partial charge in [-0.3, -0.25) is 0 Å². The Morgan fingerprint density at radius 3 is 2.73 bits per heavy atom. The smallest absolute Gasteiger partial charge is 0.185 e. The molecule has 0 bridgehead atoms. The van der Waals surface area contributed by atoms with E-state index >= 15 is 0 Å². The van der Waals surface area contributed by atoms with E-state index in [2.05, 4.69) is 16.8 Å². The van der Waals surface area contributed by atoms with Crippen molar-refractivity contribution in [2.75, 3.05) is 18.0 Å². The minimum absolute atomic E-state index is 0.616. The van der Waals surface area contributed by atoms with Gasteiger partial charge < -0.3 is 10.6 Å². The molecular formula is C11H19N3S. The van der Waals surface area contributed by atoms with Gasteiger partial charge in [0.15, 0.2) is 5.13 Å². The number of nitrogens with two attached hydrogens (primary N) is 1. The second-order valence-electron chi connectivity index (χ2n) is 4.19. The predicted octanol–water partition coefficient (Wildman–Crippen LogP) is 2.15. The lowest BCUT2D eigenvalue weighted by atomic mass is 10.4. The lowest BCUT2D eigenvalue weighted by Crippen LogP contribution is -2.24. The molecule has 0 aromatic carbocycles. The third-order valence-electron chi connectivity index (χ3n) is 2.89. The number of nitrogens with zero attached hydrogens (tertiary/aromatic N) is 2. The van der Waals surface area contributed by atoms with E-state index in [0.29, 0.717) is 6.54 Å². The Hall–Kier alpha value is -0.610. The number of anilines is 1. The van der Waals surface area contributed by atoms with Gasteiger partial charge in [-0.2, -0.15) is 0 Å². The largest absolute Gasteiger partial charge is 0.348 e. The van der Waals surface area contributed by atoms with Crippen molar-refractivity contribution in [3.63, 3.8) is 0 Å². The predicted molar refractivity (Wildman–Crippen MR) is 65.4 cm³/mol. The van der Waals surface area contributed by atoms with E-state index in [-0.39, 0.29) is 0 Å². The molecule has 0 unspecified atom stereocenters. The quantitative estimate of drug-likeness (QED) is 0.835. The first-order chi connectivity index (χ1) is 7.24. The summed E-state index contributed by atoms with van der Waals surface area (Å²) >= 11 is 1.75. The summed E-state index contributed by atoms with van der Waals surface area (Å²) in [5.74, 6) is 0.912. The molecule has 0 amide bonds. The summed E-state index contributed by atoms with van der Waals surface area (Å²) in [7, 11) is 0. The molecule has 0 saturated heterocycles. The zero-order chi connectivity index (χ0) is 10.8. The monoisotopic (exact) mass is 225 g/mol. The molecule has 0 spiro atoms. The van der Waals surface area contributed by atoms with Crippen LogP contribution in [0.4, 0.5) is 5.13 Å². The number of aryl methyl sites for hydroxylation is 1. The maximum Gasteiger partial charge on any atom is 0.185 e. The van der Waals surface area contributed by atoms with Gasteiger partial charge in [0, 0.05) is 24.5 Å². The Morgan fingerprint density at radius 1 is 1.53 bits per heavy atom. The zero-order valence-electron chi connectivity index (χ0n) is 9.49. The van der Waals surface area contributed by atoms with Gasteiger partial charge in [-0.25, -0.2) is 4.98 Å². The van der Waals surface area contributed by atoms with Crippen molar-refractivity contribution in [2.45, 2.75) is 33.2 Å². The van der Waals surface area contributed by atoms with Gasteiger partial charge in [0.05, 0.1) is 5.69 Å². The second kappa shape index (κ2) is 4.49. The molecule has 2 rings (SSSR count). The molecular weight excluding hydrogens is 206 g/mol. The van der Waals surface area contributed by atoms with Crippen LogP contribution in [0.3, 0.4) is 0 Å². The van der Waals surface area contributed by atoms with Crippen molar-refractivity contribution in [2.24, 2.45) is 11.7 Å². The van der Waals surface area contributed by atoms with Crippen molar-refractivity contribution >= 4 is 16.5 Å². The minimum atomic E-state index is 0.616. The molecule has 1 aromatic rings. The third-order valence-corrected chi connectivity index (χ3v) is 4.14. The molecule has 4 heteroatoms. The highest BCUT2D eigenvalue weighted by molar-refractivity contribution is 7.15. The minimum Gasteiger partial charge on any atom is -0.348 e. The van der Waals surface area contributed by atoms with E-state index in [1.165, 1.54) is 24.3 Å². The van der Waals surface area contributed by atoms with Crippen molar-refractivity contribution in [3.05, 3.63) is 10.6 Å². The highest BCUT2D eigenvalue weighted by atomic mass is 32.1. The normalized spacial score (nSPS) is 15.7. The van der Waals surface area contributed by atoms with Gasteiger partial charge in [0.2, 0.25) is 0 Å². The van der Waals surface area contributed by atoms with Crippen molar-refractivity contribution in [3.8, 4) is 0 Å². The average molecular weight is 225 g/mol. The van der Waals surface area contributed by atoms with Crippen LogP contribution < -0.4 is 10.6 Å². The molecule has 84 valence electrons. The molecule has 0 radical (unpaired) electrons. The van der Waals surface area contributed by atoms with Gasteiger partial charge in [-0.1, -0.05) is 0 Å². The fourth-order valence-electron chi connectivity index (χ4n) is 1.69. The SMILES string of the molecule is CCN(CC1CC1)c1nc(C)c(CN)s1. The van der Waals surface area contributed by atoms with Crippen LogP contribution >= 0.6 is 11.3 Å². The summed E-state index contributed by atoms with van der Waals surface area (Å²) in [5.41, 5.74) is 6.77. The van der Waals surface area contributed by atoms with Gasteiger partial charge in [0.25, 0.3) is 0 Å². The number of hydrogen-bond acceptors (Lipinski definition) is 4. The molecule has 15 heavy (non-hydrogen) atoms. The van der Waals surface area contributed by atoms with Crippen LogP contribution in [0.25, 0.3) is 0 Å². The van der Waals surface area contributed by atoms with Gasteiger partial charge in [-0.15, -0.1) is 11.3 Å². The second-order valence-corrected chi connectivity index (χ2v) is 5.25. The summed E-state index contributed by atoms with van der Waals surface area (Å²) in [5, 5.41) is 1.15. The third kappa shape index (κ3) is 2.49. The van der Waals surface area contributed by atoms with Crippen LogP contribution in [0.1, 0.15) is 30.3 Å². The molecule has 0 aliphatic heterocycles. The summed E-state index contributed by atoms with van der Waals surface area (Å²) in [4.78, 5) is 8.20. The summed E-state index contributed by atoms with van der Waals surface area (Å²) in [6, 6.07) is 0. The van der Waals surface area contributed by atoms with Crippen LogP contribution in [0.2, 0.25) is 0 Å². The first-order valence-electron chi connectivity index (χ1n) is 5.66. The summed E-state index contributed by atoms with van der Waals surface area (Å²) < 4.78 is 0. The van der Waals surface area contributed by atoms with Crippen LogP contribution in [-0.4, -0.2) is 18.1 Å². The zero-order valence-corrected chi connectivity index (χ0v) is 10.3. The van der Waals surface area contributed by atoms with Crippen LogP contribution in [0.15, 0.2) is 0 Å². The lowest BCUT2D eigenvalue weighted by molar-refractivity contribution is 0.738. The molecule has 2 N–H and O–H groups in total. The van der Waals surface area contributed by atoms with E-state index in [1.807, 2.05) is 6.92 Å². The fraction of sp³-hybridized carbons (Fsp3) is 0.727. The van der Waals surface area contributed by atoms with Crippen molar-refractivity contribution < 1.29 is 0 Å². The molecule has 1 aliphatic rings. The number of thiazole rings is 1. The Morgan fingerprint density at radius 2 is 2.27 bits per heavy atom. The molecule has 1 aliphatic carbocycles. The summed E-state index contributed by atoms with van der Waals surface area (Å²) in [6.45, 7) is 7.08. The Kier molecular flexibility index (Phi) is 3.26. The molecule has 1 aromatic heterocycles. The van der Waals surface area contributed by atoms with Crippen LogP contribution in [0.5, 0.6) is 0 Å². The molecule has 3 nitrogen and oxygen atoms in total. The van der Waals surface area contributed by atoms with E-state index in [4.69, 9.17) is 5.73 Å². The van der Waals surface area contributed by atoms with E-state index in [0.717, 1.165) is 23.3 Å². The highest BCUT2D eigenvalue weighted by Gasteiger charge is 2.25. The van der Waals surface area contributed by atoms with Gasteiger partial charge >= 0.3 is 0 Å². The van der Waals surface area contributed by atoms with Crippen molar-refractivity contribution in [1.82, 2.24) is 4.98 Å². The molecule has 1 heterocycles. The lowest BCUT2D eigenvalue weighted by Gasteiger charge is -2.19. The first-order valence-corrected chi connectivity index (χ1v) is 6.47. The fourth-order valence-corrected chi connectivity index (χ4v) is 2.70. The highest BCUT2D eigenvalue weighted by Crippen LogP contribution is 2.33. The van der Waals surface area contributed by atoms with E-state index in [9.17, 15) is 0 Å². The maximum absolute atomic E-state index is 5.67. The van der Waals surface area contributed by atoms with Crippen LogP contribution in [-0.2, 0) is 6.54 Å². The van der Waals surface area contributed by atoms with Gasteiger partial charge in [-0.05, 0) is 32.6 Å². The summed E-state index contributed by atoms with van der Waals surface area (Å²) in [6.07, 6.45) is 2.79. The standard InChI is InChI=1S/C11H19N3S/c1-3-14(7-9-4-5-9)11-13-8(2)10(6-12)15-11/h9H,3-7,12H2,1-2H3.